The first-order valence-electron chi connectivity index (χ1n) is 11.1. The monoisotopic (exact) mass is 452 g/mol. The molecule has 4 aromatic carbocycles. The minimum Gasteiger partial charge on any atom is -0.455 e. The van der Waals surface area contributed by atoms with Crippen LogP contribution in [-0.2, 0) is 0 Å². The molecule has 0 bridgehead atoms. The number of aryl methyl sites for hydroxylation is 4. The van der Waals surface area contributed by atoms with Gasteiger partial charge < -0.3 is 20.9 Å². The number of hydrogen-bond acceptors (Lipinski definition) is 5. The standard InChI is InChI=1S/C29H28N2O3/c1-17-5-9-25(19(3)13-17)33-27-11-7-21(15-23(27)30)29(32)22-8-12-28(24(31)16-22)34-26-10-6-18(2)14-20(26)4/h5-16H,30-31H2,1-4H3. The third kappa shape index (κ3) is 4.89. The maximum atomic E-state index is 13.1. The zero-order chi connectivity index (χ0) is 24.4. The number of anilines is 2. The molecule has 0 aliphatic heterocycles. The zero-order valence-corrected chi connectivity index (χ0v) is 19.8. The number of ether oxygens (including phenoxy) is 2. The summed E-state index contributed by atoms with van der Waals surface area (Å²) in [5, 5.41) is 0. The number of rotatable bonds is 6. The van der Waals surface area contributed by atoms with Crippen LogP contribution in [-0.4, -0.2) is 5.78 Å². The fraction of sp³-hybridized carbons (Fsp3) is 0.138. The molecule has 0 saturated heterocycles. The molecule has 4 aromatic rings. The molecule has 5 heteroatoms. The van der Waals surface area contributed by atoms with E-state index in [9.17, 15) is 4.79 Å². The van der Waals surface area contributed by atoms with Gasteiger partial charge in [-0.1, -0.05) is 35.4 Å². The van der Waals surface area contributed by atoms with Crippen molar-refractivity contribution in [3.8, 4) is 23.0 Å². The molecule has 0 saturated carbocycles. The van der Waals surface area contributed by atoms with Gasteiger partial charge in [0.2, 0.25) is 0 Å². The van der Waals surface area contributed by atoms with E-state index in [-0.39, 0.29) is 5.78 Å². The predicted octanol–water partition coefficient (Wildman–Crippen LogP) is 6.90. The molecule has 0 aliphatic rings. The van der Waals surface area contributed by atoms with E-state index in [0.29, 0.717) is 34.0 Å². The van der Waals surface area contributed by atoms with Gasteiger partial charge >= 0.3 is 0 Å². The van der Waals surface area contributed by atoms with Gasteiger partial charge in [-0.2, -0.15) is 0 Å². The molecule has 0 unspecified atom stereocenters. The molecule has 4 N–H and O–H groups in total. The van der Waals surface area contributed by atoms with Crippen LogP contribution in [0.2, 0.25) is 0 Å². The van der Waals surface area contributed by atoms with Crippen LogP contribution in [0.5, 0.6) is 23.0 Å². The van der Waals surface area contributed by atoms with Gasteiger partial charge in [0.25, 0.3) is 0 Å². The van der Waals surface area contributed by atoms with Crippen LogP contribution in [0.1, 0.15) is 38.2 Å². The lowest BCUT2D eigenvalue weighted by atomic mass is 10.0. The number of nitrogens with two attached hydrogens (primary N) is 2. The Morgan fingerprint density at radius 2 is 0.941 bits per heavy atom. The van der Waals surface area contributed by atoms with Crippen LogP contribution in [0.15, 0.2) is 72.8 Å². The second-order valence-electron chi connectivity index (χ2n) is 8.58. The Kier molecular flexibility index (Phi) is 6.28. The fourth-order valence-corrected chi connectivity index (χ4v) is 3.80. The molecule has 5 nitrogen and oxygen atoms in total. The SMILES string of the molecule is Cc1ccc(Oc2ccc(C(=O)c3ccc(Oc4ccc(C)cc4C)c(N)c3)cc2N)c(C)c1. The van der Waals surface area contributed by atoms with Crippen molar-refractivity contribution in [1.82, 2.24) is 0 Å². The predicted molar refractivity (Wildman–Crippen MR) is 137 cm³/mol. The van der Waals surface area contributed by atoms with Gasteiger partial charge in [-0.25, -0.2) is 0 Å². The Bertz CT molecular complexity index is 1290. The summed E-state index contributed by atoms with van der Waals surface area (Å²) in [5.74, 6) is 2.27. The van der Waals surface area contributed by atoms with Gasteiger partial charge in [0.05, 0.1) is 11.4 Å². The summed E-state index contributed by atoms with van der Waals surface area (Å²) in [5.41, 5.74) is 18.4. The lowest BCUT2D eigenvalue weighted by Crippen LogP contribution is -2.04. The van der Waals surface area contributed by atoms with Crippen LogP contribution >= 0.6 is 0 Å². The highest BCUT2D eigenvalue weighted by Gasteiger charge is 2.15. The molecule has 0 fully saturated rings. The lowest BCUT2D eigenvalue weighted by Gasteiger charge is -2.13. The van der Waals surface area contributed by atoms with E-state index in [1.165, 1.54) is 0 Å². The third-order valence-electron chi connectivity index (χ3n) is 5.64. The van der Waals surface area contributed by atoms with Crippen LogP contribution in [0.3, 0.4) is 0 Å². The summed E-state index contributed by atoms with van der Waals surface area (Å²) in [7, 11) is 0. The number of carbonyl (C=O) groups is 1. The van der Waals surface area contributed by atoms with E-state index >= 15 is 0 Å². The number of benzene rings is 4. The van der Waals surface area contributed by atoms with Gasteiger partial charge in [0.15, 0.2) is 5.78 Å². The van der Waals surface area contributed by atoms with Gasteiger partial charge in [-0.15, -0.1) is 0 Å². The summed E-state index contributed by atoms with van der Waals surface area (Å²) in [4.78, 5) is 13.1. The largest absolute Gasteiger partial charge is 0.455 e. The Hall–Kier alpha value is -4.25. The van der Waals surface area contributed by atoms with Crippen molar-refractivity contribution in [2.45, 2.75) is 27.7 Å². The first kappa shape index (κ1) is 22.9. The minimum absolute atomic E-state index is 0.186. The summed E-state index contributed by atoms with van der Waals surface area (Å²) in [6.07, 6.45) is 0. The molecule has 34 heavy (non-hydrogen) atoms. The van der Waals surface area contributed by atoms with Crippen molar-refractivity contribution in [2.24, 2.45) is 0 Å². The Morgan fingerprint density at radius 1 is 0.559 bits per heavy atom. The summed E-state index contributed by atoms with van der Waals surface area (Å²) >= 11 is 0. The van der Waals surface area contributed by atoms with Crippen molar-refractivity contribution < 1.29 is 14.3 Å². The molecular formula is C29H28N2O3. The van der Waals surface area contributed by atoms with Crippen molar-refractivity contribution in [3.05, 3.63) is 106 Å². The third-order valence-corrected chi connectivity index (χ3v) is 5.64. The average molecular weight is 453 g/mol. The normalized spacial score (nSPS) is 10.7. The fourth-order valence-electron chi connectivity index (χ4n) is 3.80. The molecule has 0 radical (unpaired) electrons. The van der Waals surface area contributed by atoms with Gasteiger partial charge in [-0.05, 0) is 87.4 Å². The number of carbonyl (C=O) groups excluding carboxylic acids is 1. The van der Waals surface area contributed by atoms with Crippen molar-refractivity contribution in [2.75, 3.05) is 11.5 Å². The molecular weight excluding hydrogens is 424 g/mol. The van der Waals surface area contributed by atoms with Gasteiger partial charge in [0.1, 0.15) is 23.0 Å². The molecule has 0 aliphatic carbocycles. The second-order valence-corrected chi connectivity index (χ2v) is 8.58. The average Bonchev–Trinajstić information content (AvgIpc) is 2.79. The Labute approximate surface area is 199 Å². The van der Waals surface area contributed by atoms with Crippen LogP contribution in [0, 0.1) is 27.7 Å². The van der Waals surface area contributed by atoms with E-state index < -0.39 is 0 Å². The van der Waals surface area contributed by atoms with Crippen molar-refractivity contribution >= 4 is 17.2 Å². The first-order valence-corrected chi connectivity index (χ1v) is 11.1. The van der Waals surface area contributed by atoms with Crippen molar-refractivity contribution in [1.29, 1.82) is 0 Å². The van der Waals surface area contributed by atoms with Crippen molar-refractivity contribution in [3.63, 3.8) is 0 Å². The molecule has 172 valence electrons. The Morgan fingerprint density at radius 3 is 1.29 bits per heavy atom. The van der Waals surface area contributed by atoms with Crippen LogP contribution in [0.25, 0.3) is 0 Å². The maximum absolute atomic E-state index is 13.1. The van der Waals surface area contributed by atoms with Gasteiger partial charge in [-0.3, -0.25) is 4.79 Å². The smallest absolute Gasteiger partial charge is 0.193 e. The minimum atomic E-state index is -0.186. The molecule has 0 heterocycles. The Balaban J connectivity index is 1.53. The van der Waals surface area contributed by atoms with Crippen LogP contribution < -0.4 is 20.9 Å². The van der Waals surface area contributed by atoms with E-state index in [2.05, 4.69) is 0 Å². The molecule has 0 aromatic heterocycles. The van der Waals surface area contributed by atoms with Gasteiger partial charge in [0, 0.05) is 11.1 Å². The summed E-state index contributed by atoms with van der Waals surface area (Å²) < 4.78 is 11.9. The molecule has 4 rings (SSSR count). The van der Waals surface area contributed by atoms with E-state index in [1.807, 2.05) is 64.1 Å². The number of nitrogen functional groups attached to an aromatic ring is 2. The maximum Gasteiger partial charge on any atom is 0.193 e. The first-order chi connectivity index (χ1) is 16.2. The van der Waals surface area contributed by atoms with Crippen LogP contribution in [0.4, 0.5) is 11.4 Å². The summed E-state index contributed by atoms with van der Waals surface area (Å²) in [6, 6.07) is 21.9. The molecule has 0 amide bonds. The number of ketones is 1. The lowest BCUT2D eigenvalue weighted by molar-refractivity contribution is 0.103. The second kappa shape index (κ2) is 9.32. The van der Waals surface area contributed by atoms with E-state index in [0.717, 1.165) is 33.8 Å². The highest BCUT2D eigenvalue weighted by atomic mass is 16.5. The summed E-state index contributed by atoms with van der Waals surface area (Å²) in [6.45, 7) is 8.02. The zero-order valence-electron chi connectivity index (χ0n) is 19.8. The molecule has 0 spiro atoms. The number of hydrogen-bond donors (Lipinski definition) is 2. The molecule has 0 atom stereocenters. The highest BCUT2D eigenvalue weighted by molar-refractivity contribution is 6.10. The highest BCUT2D eigenvalue weighted by Crippen LogP contribution is 2.33. The topological polar surface area (TPSA) is 87.6 Å². The van der Waals surface area contributed by atoms with E-state index in [1.54, 1.807) is 36.4 Å². The quantitative estimate of drug-likeness (QED) is 0.245. The van der Waals surface area contributed by atoms with E-state index in [4.69, 9.17) is 20.9 Å².